The molecule has 1 unspecified atom stereocenters. The van der Waals surface area contributed by atoms with Crippen molar-refractivity contribution in [2.45, 2.75) is 12.5 Å². The van der Waals surface area contributed by atoms with Gasteiger partial charge in [-0.1, -0.05) is 46.3 Å². The van der Waals surface area contributed by atoms with Crippen LogP contribution in [0.3, 0.4) is 0 Å². The lowest BCUT2D eigenvalue weighted by molar-refractivity contribution is 0.177. The standard InChI is InChI=1S/C14H12BrIO/c15-11-7-5-10(6-8-11)9-14(17)12-3-1-2-4-13(12)16/h1-8,14,17H,9H2. The third-order valence-electron chi connectivity index (χ3n) is 2.61. The van der Waals surface area contributed by atoms with Crippen LogP contribution in [0.2, 0.25) is 0 Å². The molecule has 0 saturated heterocycles. The maximum atomic E-state index is 10.2. The lowest BCUT2D eigenvalue weighted by atomic mass is 10.0. The second kappa shape index (κ2) is 5.98. The van der Waals surface area contributed by atoms with E-state index in [4.69, 9.17) is 0 Å². The molecule has 2 aromatic carbocycles. The summed E-state index contributed by atoms with van der Waals surface area (Å²) in [7, 11) is 0. The first-order valence-electron chi connectivity index (χ1n) is 5.34. The highest BCUT2D eigenvalue weighted by molar-refractivity contribution is 14.1. The van der Waals surface area contributed by atoms with Gasteiger partial charge in [-0.15, -0.1) is 0 Å². The van der Waals surface area contributed by atoms with E-state index in [1.807, 2.05) is 48.5 Å². The molecule has 0 saturated carbocycles. The van der Waals surface area contributed by atoms with Crippen molar-refractivity contribution in [1.82, 2.24) is 0 Å². The third-order valence-corrected chi connectivity index (χ3v) is 4.12. The maximum absolute atomic E-state index is 10.2. The fourth-order valence-electron chi connectivity index (χ4n) is 1.70. The van der Waals surface area contributed by atoms with Gasteiger partial charge in [0.05, 0.1) is 6.10 Å². The molecular weight excluding hydrogens is 391 g/mol. The summed E-state index contributed by atoms with van der Waals surface area (Å²) in [6, 6.07) is 16.0. The van der Waals surface area contributed by atoms with Crippen LogP contribution >= 0.6 is 38.5 Å². The third kappa shape index (κ3) is 3.53. The van der Waals surface area contributed by atoms with Crippen molar-refractivity contribution in [2.24, 2.45) is 0 Å². The summed E-state index contributed by atoms with van der Waals surface area (Å²) in [4.78, 5) is 0. The van der Waals surface area contributed by atoms with Crippen LogP contribution in [0.15, 0.2) is 53.0 Å². The Bertz CT molecular complexity index is 496. The zero-order valence-corrected chi connectivity index (χ0v) is 12.8. The smallest absolute Gasteiger partial charge is 0.0840 e. The molecule has 1 N–H and O–H groups in total. The average molecular weight is 403 g/mol. The van der Waals surface area contributed by atoms with Crippen molar-refractivity contribution in [3.63, 3.8) is 0 Å². The first-order valence-corrected chi connectivity index (χ1v) is 7.21. The number of benzene rings is 2. The van der Waals surface area contributed by atoms with Gasteiger partial charge < -0.3 is 5.11 Å². The van der Waals surface area contributed by atoms with E-state index in [9.17, 15) is 5.11 Å². The second-order valence-electron chi connectivity index (χ2n) is 3.87. The second-order valence-corrected chi connectivity index (χ2v) is 5.95. The minimum absolute atomic E-state index is 0.440. The average Bonchev–Trinajstić information content (AvgIpc) is 2.32. The summed E-state index contributed by atoms with van der Waals surface area (Å²) in [6.07, 6.45) is 0.206. The molecule has 2 rings (SSSR count). The van der Waals surface area contributed by atoms with Gasteiger partial charge in [0.2, 0.25) is 0 Å². The molecule has 0 aliphatic heterocycles. The summed E-state index contributed by atoms with van der Waals surface area (Å²) in [6.45, 7) is 0. The first-order chi connectivity index (χ1) is 8.16. The Kier molecular flexibility index (Phi) is 4.59. The molecule has 0 fully saturated rings. The lowest BCUT2D eigenvalue weighted by Gasteiger charge is -2.12. The highest BCUT2D eigenvalue weighted by atomic mass is 127. The Morgan fingerprint density at radius 1 is 1.06 bits per heavy atom. The van der Waals surface area contributed by atoms with Crippen molar-refractivity contribution >= 4 is 38.5 Å². The van der Waals surface area contributed by atoms with E-state index in [0.29, 0.717) is 6.42 Å². The molecule has 0 aliphatic carbocycles. The Morgan fingerprint density at radius 2 is 1.71 bits per heavy atom. The minimum Gasteiger partial charge on any atom is -0.388 e. The van der Waals surface area contributed by atoms with Gasteiger partial charge in [-0.2, -0.15) is 0 Å². The molecule has 3 heteroatoms. The van der Waals surface area contributed by atoms with Crippen LogP contribution in [0, 0.1) is 3.57 Å². The first kappa shape index (κ1) is 13.1. The van der Waals surface area contributed by atoms with Gasteiger partial charge in [-0.25, -0.2) is 0 Å². The zero-order valence-electron chi connectivity index (χ0n) is 9.11. The molecule has 1 nitrogen and oxygen atoms in total. The summed E-state index contributed by atoms with van der Waals surface area (Å²) in [5, 5.41) is 10.2. The molecule has 1 atom stereocenters. The lowest BCUT2D eigenvalue weighted by Crippen LogP contribution is -2.03. The number of halogens is 2. The van der Waals surface area contributed by atoms with Gasteiger partial charge in [0.1, 0.15) is 0 Å². The van der Waals surface area contributed by atoms with Crippen LogP contribution in [-0.4, -0.2) is 5.11 Å². The Labute approximate surface area is 123 Å². The van der Waals surface area contributed by atoms with Crippen molar-refractivity contribution < 1.29 is 5.11 Å². The van der Waals surface area contributed by atoms with Gasteiger partial charge in [-0.05, 0) is 51.9 Å². The molecule has 0 radical (unpaired) electrons. The van der Waals surface area contributed by atoms with Crippen LogP contribution in [-0.2, 0) is 6.42 Å². The molecular formula is C14H12BrIO. The van der Waals surface area contributed by atoms with Crippen LogP contribution < -0.4 is 0 Å². The fourth-order valence-corrected chi connectivity index (χ4v) is 2.71. The summed E-state index contributed by atoms with van der Waals surface area (Å²) in [5.74, 6) is 0. The van der Waals surface area contributed by atoms with E-state index in [1.54, 1.807) is 0 Å². The summed E-state index contributed by atoms with van der Waals surface area (Å²) in [5.41, 5.74) is 2.14. The van der Waals surface area contributed by atoms with E-state index in [2.05, 4.69) is 38.5 Å². The highest BCUT2D eigenvalue weighted by Crippen LogP contribution is 2.23. The van der Waals surface area contributed by atoms with E-state index in [0.717, 1.165) is 19.2 Å². The number of aliphatic hydroxyl groups excluding tert-OH is 1. The van der Waals surface area contributed by atoms with Gasteiger partial charge in [0.25, 0.3) is 0 Å². The Balaban J connectivity index is 2.14. The quantitative estimate of drug-likeness (QED) is 0.757. The van der Waals surface area contributed by atoms with E-state index in [-0.39, 0.29) is 0 Å². The van der Waals surface area contributed by atoms with Crippen molar-refractivity contribution in [3.8, 4) is 0 Å². The van der Waals surface area contributed by atoms with Gasteiger partial charge in [0.15, 0.2) is 0 Å². The van der Waals surface area contributed by atoms with Crippen LogP contribution in [0.4, 0.5) is 0 Å². The topological polar surface area (TPSA) is 20.2 Å². The van der Waals surface area contributed by atoms with Gasteiger partial charge >= 0.3 is 0 Å². The van der Waals surface area contributed by atoms with Crippen LogP contribution in [0.5, 0.6) is 0 Å². The highest BCUT2D eigenvalue weighted by Gasteiger charge is 2.11. The Hall–Kier alpha value is -0.390. The summed E-state index contributed by atoms with van der Waals surface area (Å²) < 4.78 is 2.17. The predicted molar refractivity (Wildman–Crippen MR) is 82.0 cm³/mol. The van der Waals surface area contributed by atoms with Gasteiger partial charge in [-0.3, -0.25) is 0 Å². The number of aliphatic hydroxyl groups is 1. The van der Waals surface area contributed by atoms with E-state index in [1.165, 1.54) is 0 Å². The van der Waals surface area contributed by atoms with Gasteiger partial charge in [0, 0.05) is 14.5 Å². The molecule has 0 aromatic heterocycles. The van der Waals surface area contributed by atoms with Crippen LogP contribution in [0.25, 0.3) is 0 Å². The van der Waals surface area contributed by atoms with Crippen LogP contribution in [0.1, 0.15) is 17.2 Å². The normalized spacial score (nSPS) is 12.4. The zero-order chi connectivity index (χ0) is 12.3. The van der Waals surface area contributed by atoms with Crippen molar-refractivity contribution in [2.75, 3.05) is 0 Å². The monoisotopic (exact) mass is 402 g/mol. The molecule has 88 valence electrons. The fraction of sp³-hybridized carbons (Fsp3) is 0.143. The molecule has 17 heavy (non-hydrogen) atoms. The molecule has 2 aromatic rings. The maximum Gasteiger partial charge on any atom is 0.0840 e. The Morgan fingerprint density at radius 3 is 2.35 bits per heavy atom. The minimum atomic E-state index is -0.440. The number of hydrogen-bond donors (Lipinski definition) is 1. The molecule has 0 spiro atoms. The number of hydrogen-bond acceptors (Lipinski definition) is 1. The predicted octanol–water partition coefficient (Wildman–Crippen LogP) is 4.33. The summed E-state index contributed by atoms with van der Waals surface area (Å²) >= 11 is 5.66. The van der Waals surface area contributed by atoms with E-state index < -0.39 is 6.10 Å². The largest absolute Gasteiger partial charge is 0.388 e. The van der Waals surface area contributed by atoms with Crippen molar-refractivity contribution in [3.05, 3.63) is 67.7 Å². The molecule has 0 bridgehead atoms. The molecule has 0 heterocycles. The molecule has 0 amide bonds. The molecule has 0 aliphatic rings. The van der Waals surface area contributed by atoms with Crippen molar-refractivity contribution in [1.29, 1.82) is 0 Å². The SMILES string of the molecule is OC(Cc1ccc(Br)cc1)c1ccccc1I. The van der Waals surface area contributed by atoms with E-state index >= 15 is 0 Å². The number of rotatable bonds is 3.